The van der Waals surface area contributed by atoms with E-state index in [1.165, 1.54) is 17.0 Å². The van der Waals surface area contributed by atoms with E-state index in [4.69, 9.17) is 4.74 Å². The number of carbonyl (C=O) groups is 3. The highest BCUT2D eigenvalue weighted by atomic mass is 127. The third kappa shape index (κ3) is 3.78. The van der Waals surface area contributed by atoms with Gasteiger partial charge in [-0.25, -0.2) is 0 Å². The largest absolute Gasteiger partial charge is 0.385 e. The molecule has 0 fully saturated rings. The Morgan fingerprint density at radius 1 is 1.08 bits per heavy atom. The number of anilines is 1. The van der Waals surface area contributed by atoms with Crippen molar-refractivity contribution in [2.45, 2.75) is 6.42 Å². The lowest BCUT2D eigenvalue weighted by molar-refractivity contribution is 0.0638. The molecule has 6 nitrogen and oxygen atoms in total. The molecule has 2 aromatic carbocycles. The molecule has 1 heterocycles. The number of amides is 3. The molecular weight excluding hydrogens is 447 g/mol. The van der Waals surface area contributed by atoms with Gasteiger partial charge in [0.05, 0.1) is 11.1 Å². The van der Waals surface area contributed by atoms with E-state index in [-0.39, 0.29) is 23.3 Å². The molecule has 3 rings (SSSR count). The molecule has 0 spiro atoms. The summed E-state index contributed by atoms with van der Waals surface area (Å²) in [7, 11) is 1.57. The lowest BCUT2D eigenvalue weighted by Gasteiger charge is -2.12. The van der Waals surface area contributed by atoms with E-state index in [1.807, 2.05) is 12.1 Å². The van der Waals surface area contributed by atoms with Gasteiger partial charge in [0.1, 0.15) is 0 Å². The van der Waals surface area contributed by atoms with E-state index in [0.717, 1.165) is 3.57 Å². The number of hydrogen-bond donors (Lipinski definition) is 1. The van der Waals surface area contributed by atoms with E-state index in [9.17, 15) is 14.4 Å². The second-order valence-electron chi connectivity index (χ2n) is 5.83. The number of rotatable bonds is 6. The number of halogens is 1. The van der Waals surface area contributed by atoms with Crippen molar-refractivity contribution in [1.82, 2.24) is 4.90 Å². The van der Waals surface area contributed by atoms with Gasteiger partial charge in [0, 0.05) is 35.1 Å². The Hall–Kier alpha value is -2.26. The van der Waals surface area contributed by atoms with Crippen molar-refractivity contribution in [2.75, 3.05) is 25.6 Å². The number of hydrogen-bond acceptors (Lipinski definition) is 4. The maximum Gasteiger partial charge on any atom is 0.261 e. The third-order valence-electron chi connectivity index (χ3n) is 4.07. The molecule has 3 amide bonds. The second kappa shape index (κ2) is 7.96. The minimum absolute atomic E-state index is 0.266. The van der Waals surface area contributed by atoms with Gasteiger partial charge in [0.2, 0.25) is 0 Å². The predicted molar refractivity (Wildman–Crippen MR) is 105 cm³/mol. The number of benzene rings is 2. The van der Waals surface area contributed by atoms with Crippen LogP contribution in [0.1, 0.15) is 37.5 Å². The molecule has 0 unspecified atom stereocenters. The quantitative estimate of drug-likeness (QED) is 0.405. The Labute approximate surface area is 164 Å². The zero-order valence-corrected chi connectivity index (χ0v) is 16.3. The van der Waals surface area contributed by atoms with Crippen molar-refractivity contribution >= 4 is 46.0 Å². The lowest BCUT2D eigenvalue weighted by atomic mass is 10.1. The van der Waals surface area contributed by atoms with Crippen molar-refractivity contribution in [1.29, 1.82) is 0 Å². The van der Waals surface area contributed by atoms with E-state index in [0.29, 0.717) is 36.4 Å². The van der Waals surface area contributed by atoms with Crippen LogP contribution in [0, 0.1) is 3.57 Å². The number of imide groups is 1. The molecule has 0 aromatic heterocycles. The summed E-state index contributed by atoms with van der Waals surface area (Å²) in [5.74, 6) is -1.03. The molecule has 0 aliphatic carbocycles. The average Bonchev–Trinajstić information content (AvgIpc) is 2.88. The van der Waals surface area contributed by atoms with Gasteiger partial charge in [-0.1, -0.05) is 0 Å². The van der Waals surface area contributed by atoms with Crippen LogP contribution in [-0.4, -0.2) is 42.9 Å². The van der Waals surface area contributed by atoms with Crippen LogP contribution in [0.15, 0.2) is 42.5 Å². The second-order valence-corrected chi connectivity index (χ2v) is 7.08. The molecule has 0 atom stereocenters. The zero-order chi connectivity index (χ0) is 18.7. The minimum Gasteiger partial charge on any atom is -0.385 e. The molecule has 0 radical (unpaired) electrons. The Bertz CT molecular complexity index is 864. The van der Waals surface area contributed by atoms with E-state index in [1.54, 1.807) is 25.3 Å². The van der Waals surface area contributed by atoms with Gasteiger partial charge in [0.15, 0.2) is 0 Å². The van der Waals surface area contributed by atoms with E-state index < -0.39 is 0 Å². The van der Waals surface area contributed by atoms with Crippen LogP contribution in [0.3, 0.4) is 0 Å². The topological polar surface area (TPSA) is 75.7 Å². The summed E-state index contributed by atoms with van der Waals surface area (Å²) >= 11 is 2.18. The number of nitrogens with zero attached hydrogens (tertiary/aromatic N) is 1. The molecule has 0 saturated heterocycles. The summed E-state index contributed by atoms with van der Waals surface area (Å²) in [6.07, 6.45) is 0.572. The van der Waals surface area contributed by atoms with Crippen molar-refractivity contribution in [3.8, 4) is 0 Å². The maximum absolute atomic E-state index is 12.5. The van der Waals surface area contributed by atoms with Crippen molar-refractivity contribution in [2.24, 2.45) is 0 Å². The number of nitrogens with one attached hydrogen (secondary N) is 1. The summed E-state index contributed by atoms with van der Waals surface area (Å²) in [6.45, 7) is 0.765. The van der Waals surface area contributed by atoms with Gasteiger partial charge in [-0.3, -0.25) is 19.3 Å². The van der Waals surface area contributed by atoms with Crippen LogP contribution in [0.4, 0.5) is 5.69 Å². The van der Waals surface area contributed by atoms with Crippen LogP contribution in [0.5, 0.6) is 0 Å². The molecule has 0 bridgehead atoms. The Kier molecular flexibility index (Phi) is 5.67. The molecule has 1 aliphatic rings. The summed E-state index contributed by atoms with van der Waals surface area (Å²) in [4.78, 5) is 38.5. The third-order valence-corrected chi connectivity index (χ3v) is 4.78. The highest BCUT2D eigenvalue weighted by Crippen LogP contribution is 2.24. The molecule has 1 N–H and O–H groups in total. The van der Waals surface area contributed by atoms with Crippen LogP contribution < -0.4 is 5.32 Å². The summed E-state index contributed by atoms with van der Waals surface area (Å²) in [5, 5.41) is 2.79. The van der Waals surface area contributed by atoms with Crippen LogP contribution in [0.2, 0.25) is 0 Å². The molecular formula is C19H17IN2O4. The molecule has 2 aromatic rings. The Morgan fingerprint density at radius 2 is 1.77 bits per heavy atom. The van der Waals surface area contributed by atoms with Gasteiger partial charge in [-0.2, -0.15) is 0 Å². The lowest BCUT2D eigenvalue weighted by Crippen LogP contribution is -2.31. The number of ether oxygens (including phenoxy) is 1. The molecule has 26 heavy (non-hydrogen) atoms. The van der Waals surface area contributed by atoms with Gasteiger partial charge in [0.25, 0.3) is 17.7 Å². The van der Waals surface area contributed by atoms with E-state index in [2.05, 4.69) is 27.9 Å². The van der Waals surface area contributed by atoms with Gasteiger partial charge in [-0.15, -0.1) is 0 Å². The number of fused-ring (bicyclic) bond motifs is 1. The number of methoxy groups -OCH3 is 1. The van der Waals surface area contributed by atoms with Gasteiger partial charge >= 0.3 is 0 Å². The van der Waals surface area contributed by atoms with Crippen LogP contribution >= 0.6 is 22.6 Å². The van der Waals surface area contributed by atoms with Crippen molar-refractivity contribution in [3.63, 3.8) is 0 Å². The molecule has 1 aliphatic heterocycles. The van der Waals surface area contributed by atoms with Crippen LogP contribution in [-0.2, 0) is 4.74 Å². The van der Waals surface area contributed by atoms with Crippen molar-refractivity contribution < 1.29 is 19.1 Å². The van der Waals surface area contributed by atoms with Crippen LogP contribution in [0.25, 0.3) is 0 Å². The summed E-state index contributed by atoms with van der Waals surface area (Å²) in [5.41, 5.74) is 1.60. The van der Waals surface area contributed by atoms with E-state index >= 15 is 0 Å². The smallest absolute Gasteiger partial charge is 0.261 e. The zero-order valence-electron chi connectivity index (χ0n) is 14.1. The molecule has 0 saturated carbocycles. The minimum atomic E-state index is -0.370. The van der Waals surface area contributed by atoms with Crippen molar-refractivity contribution in [3.05, 3.63) is 62.7 Å². The SMILES string of the molecule is COCCCN1C(=O)c2ccc(C(=O)Nc3ccc(I)cc3)cc2C1=O. The maximum atomic E-state index is 12.5. The first-order valence-corrected chi connectivity index (χ1v) is 9.15. The highest BCUT2D eigenvalue weighted by Gasteiger charge is 2.35. The fourth-order valence-corrected chi connectivity index (χ4v) is 3.10. The first-order chi connectivity index (χ1) is 12.5. The van der Waals surface area contributed by atoms with Gasteiger partial charge < -0.3 is 10.1 Å². The standard InChI is InChI=1S/C19H17IN2O4/c1-26-10-2-9-22-18(24)15-8-3-12(11-16(15)19(22)25)17(23)21-14-6-4-13(20)5-7-14/h3-8,11H,2,9-10H2,1H3,(H,21,23). The monoisotopic (exact) mass is 464 g/mol. The fourth-order valence-electron chi connectivity index (χ4n) is 2.74. The predicted octanol–water partition coefficient (Wildman–Crippen LogP) is 3.18. The normalized spacial score (nSPS) is 13.1. The number of carbonyl (C=O) groups excluding carboxylic acids is 3. The highest BCUT2D eigenvalue weighted by molar-refractivity contribution is 14.1. The van der Waals surface area contributed by atoms with Gasteiger partial charge in [-0.05, 0) is 71.5 Å². The summed E-state index contributed by atoms with van der Waals surface area (Å²) in [6, 6.07) is 12.0. The average molecular weight is 464 g/mol. The Balaban J connectivity index is 1.77. The summed E-state index contributed by atoms with van der Waals surface area (Å²) < 4.78 is 6.03. The fraction of sp³-hybridized carbons (Fsp3) is 0.211. The molecule has 7 heteroatoms. The first-order valence-electron chi connectivity index (χ1n) is 8.07. The molecule has 134 valence electrons. The first kappa shape index (κ1) is 18.5. The Morgan fingerprint density at radius 3 is 2.46 bits per heavy atom.